The van der Waals surface area contributed by atoms with Gasteiger partial charge in [-0.15, -0.1) is 11.3 Å². The Labute approximate surface area is 287 Å². The molecule has 2 aliphatic heterocycles. The summed E-state index contributed by atoms with van der Waals surface area (Å²) >= 11 is 1.47. The van der Waals surface area contributed by atoms with Gasteiger partial charge in [-0.2, -0.15) is 5.10 Å². The summed E-state index contributed by atoms with van der Waals surface area (Å²) in [6.45, 7) is 8.89. The first kappa shape index (κ1) is 31.8. The van der Waals surface area contributed by atoms with Crippen LogP contribution in [0.5, 0.6) is 5.75 Å². The highest BCUT2D eigenvalue weighted by Gasteiger charge is 2.48. The van der Waals surface area contributed by atoms with Gasteiger partial charge in [-0.1, -0.05) is 18.7 Å². The molecule has 11 heteroatoms. The average Bonchev–Trinajstić information content (AvgIpc) is 3.45. The smallest absolute Gasteiger partial charge is 0.246 e. The Kier molecular flexibility index (Phi) is 7.89. The fraction of sp³-hybridized carbons (Fsp3) is 0.342. The van der Waals surface area contributed by atoms with Gasteiger partial charge in [0.05, 0.1) is 36.1 Å². The number of carbonyl (C=O) groups excluding carboxylic acids is 1. The third-order valence-electron chi connectivity index (χ3n) is 10.2. The van der Waals surface area contributed by atoms with E-state index in [1.54, 1.807) is 12.0 Å². The van der Waals surface area contributed by atoms with E-state index in [0.29, 0.717) is 30.0 Å². The number of carbonyl (C=O) groups is 1. The maximum Gasteiger partial charge on any atom is 0.246 e. The Morgan fingerprint density at radius 2 is 1.94 bits per heavy atom. The minimum absolute atomic E-state index is 0.0636. The predicted octanol–water partition coefficient (Wildman–Crippen LogP) is 7.36. The zero-order chi connectivity index (χ0) is 34.0. The lowest BCUT2D eigenvalue weighted by Crippen LogP contribution is -2.40. The largest absolute Gasteiger partial charge is 0.490 e. The normalized spacial score (nSPS) is 18.1. The van der Waals surface area contributed by atoms with Crippen LogP contribution in [-0.4, -0.2) is 70.9 Å². The summed E-state index contributed by atoms with van der Waals surface area (Å²) in [7, 11) is 3.72. The van der Waals surface area contributed by atoms with E-state index >= 15 is 4.39 Å². The lowest BCUT2D eigenvalue weighted by Gasteiger charge is -2.33. The summed E-state index contributed by atoms with van der Waals surface area (Å²) in [5.41, 5.74) is 7.10. The van der Waals surface area contributed by atoms with E-state index in [-0.39, 0.29) is 41.9 Å². The van der Waals surface area contributed by atoms with E-state index in [4.69, 9.17) is 19.6 Å². The van der Waals surface area contributed by atoms with Crippen LogP contribution < -0.4 is 4.74 Å². The van der Waals surface area contributed by atoms with Gasteiger partial charge in [0.1, 0.15) is 35.4 Å². The Morgan fingerprint density at radius 3 is 2.71 bits per heavy atom. The Morgan fingerprint density at radius 1 is 1.10 bits per heavy atom. The molecule has 8 nitrogen and oxygen atoms in total. The molecule has 0 radical (unpaired) electrons. The lowest BCUT2D eigenvalue weighted by atomic mass is 9.85. The lowest BCUT2D eigenvalue weighted by molar-refractivity contribution is -0.129. The maximum atomic E-state index is 16.2. The van der Waals surface area contributed by atoms with Gasteiger partial charge in [0, 0.05) is 65.5 Å². The van der Waals surface area contributed by atoms with Crippen LogP contribution in [0.15, 0.2) is 60.5 Å². The van der Waals surface area contributed by atoms with Crippen LogP contribution in [-0.2, 0) is 28.0 Å². The number of halogens is 2. The fourth-order valence-corrected chi connectivity index (χ4v) is 8.67. The minimum atomic E-state index is -0.758. The van der Waals surface area contributed by atoms with E-state index in [0.717, 1.165) is 46.2 Å². The van der Waals surface area contributed by atoms with E-state index in [1.807, 2.05) is 29.1 Å². The van der Waals surface area contributed by atoms with Crippen molar-refractivity contribution < 1.29 is 23.0 Å². The zero-order valence-corrected chi connectivity index (χ0v) is 28.6. The van der Waals surface area contributed by atoms with E-state index in [2.05, 4.69) is 36.7 Å². The third kappa shape index (κ3) is 5.35. The van der Waals surface area contributed by atoms with E-state index in [9.17, 15) is 9.18 Å². The van der Waals surface area contributed by atoms with Crippen molar-refractivity contribution in [2.75, 3.05) is 40.5 Å². The molecular weight excluding hydrogens is 645 g/mol. The van der Waals surface area contributed by atoms with Crippen LogP contribution in [0.2, 0.25) is 0 Å². The molecular formula is C38H37F2N5O3S. The Balaban J connectivity index is 1.37. The van der Waals surface area contributed by atoms with Gasteiger partial charge < -0.3 is 19.3 Å². The highest BCUT2D eigenvalue weighted by Crippen LogP contribution is 2.53. The van der Waals surface area contributed by atoms with Crippen LogP contribution in [0, 0.1) is 11.6 Å². The first-order chi connectivity index (χ1) is 23.7. The maximum absolute atomic E-state index is 16.2. The average molecular weight is 682 g/mol. The van der Waals surface area contributed by atoms with Gasteiger partial charge in [-0.25, -0.2) is 13.8 Å². The molecule has 0 N–H and O–H groups in total. The number of hydrogen-bond acceptors (Lipinski definition) is 7. The van der Waals surface area contributed by atoms with E-state index < -0.39 is 11.6 Å². The topological polar surface area (TPSA) is 72.7 Å². The van der Waals surface area contributed by atoms with Crippen LogP contribution in [0.1, 0.15) is 42.6 Å². The molecule has 0 saturated heterocycles. The van der Waals surface area contributed by atoms with Gasteiger partial charge in [0.15, 0.2) is 0 Å². The van der Waals surface area contributed by atoms with Crippen molar-refractivity contribution in [1.29, 1.82) is 0 Å². The Hall–Kier alpha value is -4.45. The van der Waals surface area contributed by atoms with Crippen LogP contribution in [0.3, 0.4) is 0 Å². The van der Waals surface area contributed by atoms with Gasteiger partial charge in [-0.3, -0.25) is 9.48 Å². The number of rotatable bonds is 8. The number of methoxy groups -OCH3 is 1. The first-order valence-corrected chi connectivity index (χ1v) is 17.4. The number of ether oxygens (including phenoxy) is 2. The number of benzene rings is 2. The molecule has 1 saturated carbocycles. The predicted molar refractivity (Wildman–Crippen MR) is 187 cm³/mol. The van der Waals surface area contributed by atoms with Crippen LogP contribution >= 0.6 is 11.3 Å². The highest BCUT2D eigenvalue weighted by atomic mass is 32.1. The molecule has 49 heavy (non-hydrogen) atoms. The molecule has 3 aliphatic rings. The standard InChI is InChI=1S/C38H37F2N5O3S/c1-5-32(46)44-11-12-45-30(22(44)2)19-29(42-45)36-34(33-28(40)17-25(39)18-31(33)48-14-13-47-4)37-26(8-15-49-37)35(41-36)23-6-7-24-20-43(3)21-38(9-10-38)27(24)16-23/h5-8,15-19,22H,1,9-14,20-21H2,2-4H3/t22-/m1/s1. The summed E-state index contributed by atoms with van der Waals surface area (Å²) in [6, 6.07) is 12.4. The minimum Gasteiger partial charge on any atom is -0.490 e. The van der Waals surface area contributed by atoms with Crippen molar-refractivity contribution in [2.45, 2.75) is 44.3 Å². The van der Waals surface area contributed by atoms with Crippen LogP contribution in [0.4, 0.5) is 8.78 Å². The van der Waals surface area contributed by atoms with Crippen molar-refractivity contribution in [3.05, 3.63) is 89.0 Å². The first-order valence-electron chi connectivity index (χ1n) is 16.6. The number of nitrogens with zero attached hydrogens (tertiary/aromatic N) is 5. The second-order valence-corrected chi connectivity index (χ2v) is 14.3. The van der Waals surface area contributed by atoms with Gasteiger partial charge in [0.25, 0.3) is 0 Å². The second kappa shape index (κ2) is 12.2. The van der Waals surface area contributed by atoms with Gasteiger partial charge in [-0.05, 0) is 67.6 Å². The molecule has 252 valence electrons. The van der Waals surface area contributed by atoms with Gasteiger partial charge >= 0.3 is 0 Å². The highest BCUT2D eigenvalue weighted by molar-refractivity contribution is 7.18. The molecule has 5 heterocycles. The number of aromatic nitrogens is 3. The fourth-order valence-electron chi connectivity index (χ4n) is 7.72. The molecule has 1 spiro atoms. The number of fused-ring (bicyclic) bond motifs is 4. The molecule has 1 fully saturated rings. The summed E-state index contributed by atoms with van der Waals surface area (Å²) in [4.78, 5) is 22.2. The summed E-state index contributed by atoms with van der Waals surface area (Å²) in [6.07, 6.45) is 3.66. The molecule has 8 rings (SSSR count). The molecule has 1 aliphatic carbocycles. The van der Waals surface area contributed by atoms with Crippen molar-refractivity contribution in [1.82, 2.24) is 24.6 Å². The number of pyridine rings is 1. The monoisotopic (exact) mass is 681 g/mol. The van der Waals surface area contributed by atoms with Crippen molar-refractivity contribution in [3.63, 3.8) is 0 Å². The van der Waals surface area contributed by atoms with Crippen molar-refractivity contribution >= 4 is 27.3 Å². The summed E-state index contributed by atoms with van der Waals surface area (Å²) < 4.78 is 44.7. The zero-order valence-electron chi connectivity index (χ0n) is 27.8. The number of amides is 1. The molecule has 1 atom stereocenters. The molecule has 3 aromatic heterocycles. The number of likely N-dealkylation sites (N-methyl/N-ethyl adjacent to an activating group) is 1. The van der Waals surface area contributed by atoms with Gasteiger partial charge in [0.2, 0.25) is 5.91 Å². The van der Waals surface area contributed by atoms with Crippen LogP contribution in [0.25, 0.3) is 43.9 Å². The summed E-state index contributed by atoms with van der Waals surface area (Å²) in [5, 5.41) is 7.84. The third-order valence-corrected chi connectivity index (χ3v) is 11.1. The Bertz CT molecular complexity index is 2140. The van der Waals surface area contributed by atoms with Crippen molar-refractivity contribution in [2.24, 2.45) is 0 Å². The quantitative estimate of drug-likeness (QED) is 0.126. The molecule has 5 aromatic rings. The SMILES string of the molecule is C=CC(=O)N1CCn2nc(-c3nc(-c4ccc5c(c4)C4(CC4)CN(C)C5)c4ccsc4c3-c3c(F)cc(F)cc3OCCOC)cc2[C@H]1C. The molecule has 0 unspecified atom stereocenters. The second-order valence-electron chi connectivity index (χ2n) is 13.4. The number of hydrogen-bond donors (Lipinski definition) is 0. The molecule has 0 bridgehead atoms. The summed E-state index contributed by atoms with van der Waals surface area (Å²) in [5.74, 6) is -1.59. The van der Waals surface area contributed by atoms with Crippen molar-refractivity contribution in [3.8, 4) is 39.5 Å². The molecule has 2 aromatic carbocycles. The van der Waals surface area contributed by atoms with E-state index in [1.165, 1.54) is 47.4 Å². The molecule has 1 amide bonds. The number of thiophene rings is 1.